The molecule has 3 rings (SSSR count). The van der Waals surface area contributed by atoms with Gasteiger partial charge in [0.25, 0.3) is 0 Å². The van der Waals surface area contributed by atoms with Crippen molar-refractivity contribution in [3.8, 4) is 0 Å². The molecule has 3 nitrogen and oxygen atoms in total. The molecule has 0 radical (unpaired) electrons. The van der Waals surface area contributed by atoms with E-state index in [1.807, 2.05) is 0 Å². The van der Waals surface area contributed by atoms with Crippen molar-refractivity contribution in [2.24, 2.45) is 5.92 Å². The van der Waals surface area contributed by atoms with E-state index in [1.165, 1.54) is 36.1 Å². The highest BCUT2D eigenvalue weighted by molar-refractivity contribution is 6.62. The number of rotatable bonds is 3. The Labute approximate surface area is 141 Å². The smallest absolute Gasteiger partial charge is 0.399 e. The van der Waals surface area contributed by atoms with E-state index in [1.54, 1.807) is 0 Å². The molecule has 0 N–H and O–H groups in total. The fourth-order valence-electron chi connectivity index (χ4n) is 3.44. The van der Waals surface area contributed by atoms with Crippen LogP contribution in [0, 0.1) is 12.8 Å². The Balaban J connectivity index is 1.79. The Morgan fingerprint density at radius 1 is 1.17 bits per heavy atom. The third kappa shape index (κ3) is 3.35. The highest BCUT2D eigenvalue weighted by Crippen LogP contribution is 2.36. The number of aryl methyl sites for hydroxylation is 1. The summed E-state index contributed by atoms with van der Waals surface area (Å²) in [5.74, 6) is 0.822. The van der Waals surface area contributed by atoms with Crippen LogP contribution in [0.3, 0.4) is 0 Å². The number of benzene rings is 1. The predicted molar refractivity (Wildman–Crippen MR) is 96.0 cm³/mol. The van der Waals surface area contributed by atoms with Crippen LogP contribution >= 0.6 is 0 Å². The molecule has 0 saturated carbocycles. The van der Waals surface area contributed by atoms with Gasteiger partial charge in [-0.25, -0.2) is 0 Å². The topological polar surface area (TPSA) is 21.7 Å². The molecule has 4 heteroatoms. The van der Waals surface area contributed by atoms with Crippen LogP contribution in [0.5, 0.6) is 0 Å². The molecule has 0 aliphatic carbocycles. The largest absolute Gasteiger partial charge is 0.495 e. The van der Waals surface area contributed by atoms with Gasteiger partial charge in [0.1, 0.15) is 0 Å². The lowest BCUT2D eigenvalue weighted by Gasteiger charge is -2.32. The summed E-state index contributed by atoms with van der Waals surface area (Å²) in [6, 6.07) is 6.72. The van der Waals surface area contributed by atoms with Crippen LogP contribution in [0.2, 0.25) is 0 Å². The van der Waals surface area contributed by atoms with Crippen molar-refractivity contribution in [3.63, 3.8) is 0 Å². The maximum atomic E-state index is 6.24. The zero-order valence-corrected chi connectivity index (χ0v) is 15.5. The van der Waals surface area contributed by atoms with Crippen molar-refractivity contribution >= 4 is 12.6 Å². The molecule has 1 unspecified atom stereocenters. The molecule has 2 fully saturated rings. The lowest BCUT2D eigenvalue weighted by Crippen LogP contribution is -2.41. The van der Waals surface area contributed by atoms with Crippen LogP contribution in [0.4, 0.5) is 0 Å². The van der Waals surface area contributed by atoms with E-state index < -0.39 is 0 Å². The van der Waals surface area contributed by atoms with Crippen LogP contribution in [0.25, 0.3) is 0 Å². The first-order chi connectivity index (χ1) is 10.7. The number of hydrogen-bond donors (Lipinski definition) is 0. The monoisotopic (exact) mass is 315 g/mol. The van der Waals surface area contributed by atoms with E-state index in [9.17, 15) is 0 Å². The van der Waals surface area contributed by atoms with Crippen molar-refractivity contribution < 1.29 is 9.31 Å². The summed E-state index contributed by atoms with van der Waals surface area (Å²) < 4.78 is 12.5. The molecular formula is C19H30BNO2. The molecule has 2 saturated heterocycles. The Kier molecular flexibility index (Phi) is 4.37. The summed E-state index contributed by atoms with van der Waals surface area (Å²) in [4.78, 5) is 2.54. The lowest BCUT2D eigenvalue weighted by molar-refractivity contribution is 0.00578. The molecule has 1 aromatic rings. The fraction of sp³-hybridized carbons (Fsp3) is 0.684. The average Bonchev–Trinajstić information content (AvgIpc) is 2.93. The third-order valence-corrected chi connectivity index (χ3v) is 5.77. The summed E-state index contributed by atoms with van der Waals surface area (Å²) in [6.07, 6.45) is 1.32. The minimum Gasteiger partial charge on any atom is -0.399 e. The molecule has 2 heterocycles. The van der Waals surface area contributed by atoms with E-state index in [4.69, 9.17) is 9.31 Å². The van der Waals surface area contributed by atoms with Gasteiger partial charge >= 0.3 is 7.12 Å². The van der Waals surface area contributed by atoms with Gasteiger partial charge in [0.2, 0.25) is 0 Å². The molecule has 2 aliphatic heterocycles. The van der Waals surface area contributed by atoms with Gasteiger partial charge in [-0.3, -0.25) is 4.90 Å². The molecule has 126 valence electrons. The fourth-order valence-corrected chi connectivity index (χ4v) is 3.44. The molecule has 0 amide bonds. The van der Waals surface area contributed by atoms with Gasteiger partial charge in [0, 0.05) is 13.1 Å². The Morgan fingerprint density at radius 3 is 2.39 bits per heavy atom. The number of nitrogens with zero attached hydrogens (tertiary/aromatic N) is 1. The van der Waals surface area contributed by atoms with Crippen LogP contribution in [-0.4, -0.2) is 36.3 Å². The maximum Gasteiger partial charge on any atom is 0.495 e. The standard InChI is InChI=1S/C19H30BNO2/c1-14-9-10-21(12-14)13-16-8-7-15(2)17(11-16)20-22-18(3,4)19(5,6)23-20/h7-8,11,14H,9-10,12-13H2,1-6H3. The Hall–Kier alpha value is -0.835. The van der Waals surface area contributed by atoms with Crippen molar-refractivity contribution in [3.05, 3.63) is 29.3 Å². The molecule has 1 aromatic carbocycles. The third-order valence-electron chi connectivity index (χ3n) is 5.77. The molecule has 23 heavy (non-hydrogen) atoms. The van der Waals surface area contributed by atoms with Crippen molar-refractivity contribution in [2.45, 2.75) is 65.7 Å². The summed E-state index contributed by atoms with van der Waals surface area (Å²) in [6.45, 7) is 16.4. The van der Waals surface area contributed by atoms with E-state index >= 15 is 0 Å². The summed E-state index contributed by atoms with van der Waals surface area (Å²) >= 11 is 0. The van der Waals surface area contributed by atoms with Gasteiger partial charge in [-0.05, 0) is 64.5 Å². The van der Waals surface area contributed by atoms with E-state index in [-0.39, 0.29) is 18.3 Å². The van der Waals surface area contributed by atoms with Crippen LogP contribution < -0.4 is 5.46 Å². The van der Waals surface area contributed by atoms with Gasteiger partial charge in [-0.15, -0.1) is 0 Å². The van der Waals surface area contributed by atoms with Crippen LogP contribution in [-0.2, 0) is 15.9 Å². The van der Waals surface area contributed by atoms with E-state index in [0.717, 1.165) is 12.5 Å². The molecule has 1 atom stereocenters. The number of hydrogen-bond acceptors (Lipinski definition) is 3. The number of likely N-dealkylation sites (tertiary alicyclic amines) is 1. The summed E-state index contributed by atoms with van der Waals surface area (Å²) in [5.41, 5.74) is 3.19. The molecule has 2 aliphatic rings. The van der Waals surface area contributed by atoms with Gasteiger partial charge in [0.15, 0.2) is 0 Å². The summed E-state index contributed by atoms with van der Waals surface area (Å²) in [5, 5.41) is 0. The van der Waals surface area contributed by atoms with Crippen molar-refractivity contribution in [2.75, 3.05) is 13.1 Å². The zero-order valence-electron chi connectivity index (χ0n) is 15.5. The lowest BCUT2D eigenvalue weighted by atomic mass is 9.75. The van der Waals surface area contributed by atoms with Crippen LogP contribution in [0.15, 0.2) is 18.2 Å². The van der Waals surface area contributed by atoms with Gasteiger partial charge in [0.05, 0.1) is 11.2 Å². The van der Waals surface area contributed by atoms with Gasteiger partial charge in [-0.2, -0.15) is 0 Å². The molecule has 0 bridgehead atoms. The first kappa shape index (κ1) is 17.0. The van der Waals surface area contributed by atoms with Crippen LogP contribution in [0.1, 0.15) is 52.2 Å². The normalized spacial score (nSPS) is 26.9. The first-order valence-electron chi connectivity index (χ1n) is 8.85. The van der Waals surface area contributed by atoms with Gasteiger partial charge < -0.3 is 9.31 Å². The minimum absolute atomic E-state index is 0.266. The highest BCUT2D eigenvalue weighted by atomic mass is 16.7. The molecule has 0 aromatic heterocycles. The second kappa shape index (κ2) is 5.91. The summed E-state index contributed by atoms with van der Waals surface area (Å²) in [7, 11) is -0.266. The average molecular weight is 315 g/mol. The quantitative estimate of drug-likeness (QED) is 0.800. The molecular weight excluding hydrogens is 285 g/mol. The van der Waals surface area contributed by atoms with E-state index in [0.29, 0.717) is 0 Å². The second-order valence-electron chi connectivity index (χ2n) is 8.41. The Bertz CT molecular complexity index is 569. The minimum atomic E-state index is -0.287. The predicted octanol–water partition coefficient (Wildman–Crippen LogP) is 3.14. The molecule has 0 spiro atoms. The van der Waals surface area contributed by atoms with E-state index in [2.05, 4.69) is 64.6 Å². The van der Waals surface area contributed by atoms with Crippen molar-refractivity contribution in [1.82, 2.24) is 4.90 Å². The first-order valence-corrected chi connectivity index (χ1v) is 8.85. The van der Waals surface area contributed by atoms with Gasteiger partial charge in [-0.1, -0.05) is 30.7 Å². The zero-order chi connectivity index (χ0) is 16.8. The highest BCUT2D eigenvalue weighted by Gasteiger charge is 2.52. The van der Waals surface area contributed by atoms with Crippen molar-refractivity contribution in [1.29, 1.82) is 0 Å². The SMILES string of the molecule is Cc1ccc(CN2CCC(C)C2)cc1B1OC(C)(C)C(C)(C)O1. The Morgan fingerprint density at radius 2 is 1.83 bits per heavy atom. The maximum absolute atomic E-state index is 6.24. The second-order valence-corrected chi connectivity index (χ2v) is 8.41.